The van der Waals surface area contributed by atoms with Gasteiger partial charge in [-0.25, -0.2) is 18.7 Å². The largest absolute Gasteiger partial charge is 0.345 e. The minimum atomic E-state index is -0.752. The first kappa shape index (κ1) is 18.4. The molecule has 0 atom stereocenters. The first-order valence-electron chi connectivity index (χ1n) is 8.75. The van der Waals surface area contributed by atoms with Crippen LogP contribution >= 0.6 is 0 Å². The summed E-state index contributed by atoms with van der Waals surface area (Å²) < 4.78 is 26.9. The molecule has 0 unspecified atom stereocenters. The van der Waals surface area contributed by atoms with Crippen molar-refractivity contribution < 1.29 is 13.6 Å². The van der Waals surface area contributed by atoms with Gasteiger partial charge in [-0.05, 0) is 24.3 Å². The van der Waals surface area contributed by atoms with Crippen molar-refractivity contribution in [1.29, 1.82) is 0 Å². The van der Waals surface area contributed by atoms with E-state index < -0.39 is 17.5 Å². The van der Waals surface area contributed by atoms with Crippen molar-refractivity contribution in [3.8, 4) is 22.5 Å². The normalized spacial score (nSPS) is 10.7. The Morgan fingerprint density at radius 2 is 1.79 bits per heavy atom. The lowest BCUT2D eigenvalue weighted by Gasteiger charge is -2.05. The fraction of sp³-hybridized carbons (Fsp3) is 0.0476. The van der Waals surface area contributed by atoms with E-state index in [0.29, 0.717) is 5.69 Å². The van der Waals surface area contributed by atoms with E-state index in [4.69, 9.17) is 0 Å². The summed E-state index contributed by atoms with van der Waals surface area (Å²) in [5, 5.41) is 9.23. The summed E-state index contributed by atoms with van der Waals surface area (Å²) in [4.78, 5) is 20.8. The van der Waals surface area contributed by atoms with Gasteiger partial charge in [-0.15, -0.1) is 0 Å². The van der Waals surface area contributed by atoms with Crippen molar-refractivity contribution in [2.45, 2.75) is 6.54 Å². The lowest BCUT2D eigenvalue weighted by Crippen LogP contribution is -2.23. The van der Waals surface area contributed by atoms with E-state index in [1.807, 2.05) is 30.3 Å². The fourth-order valence-corrected chi connectivity index (χ4v) is 2.80. The number of rotatable bonds is 5. The Morgan fingerprint density at radius 3 is 2.59 bits per heavy atom. The maximum absolute atomic E-state index is 13.9. The smallest absolute Gasteiger partial charge is 0.269 e. The van der Waals surface area contributed by atoms with Gasteiger partial charge in [0.05, 0.1) is 23.6 Å². The van der Waals surface area contributed by atoms with Crippen LogP contribution in [0.2, 0.25) is 0 Å². The van der Waals surface area contributed by atoms with Crippen LogP contribution in [0.4, 0.5) is 8.78 Å². The van der Waals surface area contributed by atoms with Crippen molar-refractivity contribution in [1.82, 2.24) is 25.5 Å². The highest BCUT2D eigenvalue weighted by Gasteiger charge is 2.14. The predicted octanol–water partition coefficient (Wildman–Crippen LogP) is 3.74. The van der Waals surface area contributed by atoms with Gasteiger partial charge in [0.15, 0.2) is 0 Å². The number of H-pyrrole nitrogens is 1. The molecule has 6 nitrogen and oxygen atoms in total. The molecule has 2 heterocycles. The van der Waals surface area contributed by atoms with Gasteiger partial charge in [-0.2, -0.15) is 5.10 Å². The topological polar surface area (TPSA) is 83.6 Å². The summed E-state index contributed by atoms with van der Waals surface area (Å²) in [6.07, 6.45) is 1.44. The summed E-state index contributed by atoms with van der Waals surface area (Å²) in [6, 6.07) is 16.0. The van der Waals surface area contributed by atoms with E-state index in [0.717, 1.165) is 23.4 Å². The molecule has 0 radical (unpaired) electrons. The molecule has 0 spiro atoms. The summed E-state index contributed by atoms with van der Waals surface area (Å²) in [5.74, 6) is -1.86. The average Bonchev–Trinajstić information content (AvgIpc) is 3.23. The molecular weight excluding hydrogens is 376 g/mol. The Kier molecular flexibility index (Phi) is 5.07. The van der Waals surface area contributed by atoms with Crippen LogP contribution in [0.25, 0.3) is 22.5 Å². The molecule has 4 rings (SSSR count). The lowest BCUT2D eigenvalue weighted by atomic mass is 10.1. The van der Waals surface area contributed by atoms with Gasteiger partial charge in [0, 0.05) is 17.2 Å². The zero-order valence-electron chi connectivity index (χ0n) is 15.1. The van der Waals surface area contributed by atoms with Crippen molar-refractivity contribution in [3.63, 3.8) is 0 Å². The molecule has 0 saturated heterocycles. The minimum absolute atomic E-state index is 0.102. The second-order valence-corrected chi connectivity index (χ2v) is 6.23. The molecule has 144 valence electrons. The molecule has 0 aliphatic carbocycles. The van der Waals surface area contributed by atoms with E-state index in [9.17, 15) is 13.6 Å². The predicted molar refractivity (Wildman–Crippen MR) is 103 cm³/mol. The number of nitrogens with one attached hydrogen (secondary N) is 2. The van der Waals surface area contributed by atoms with E-state index in [1.165, 1.54) is 18.5 Å². The average molecular weight is 391 g/mol. The highest BCUT2D eigenvalue weighted by molar-refractivity contribution is 5.93. The Labute approximate surface area is 164 Å². The van der Waals surface area contributed by atoms with E-state index in [2.05, 4.69) is 25.5 Å². The number of aromatic amines is 1. The van der Waals surface area contributed by atoms with Gasteiger partial charge in [-0.3, -0.25) is 9.89 Å². The Bertz CT molecular complexity index is 1160. The fourth-order valence-electron chi connectivity index (χ4n) is 2.80. The first-order chi connectivity index (χ1) is 14.1. The highest BCUT2D eigenvalue weighted by Crippen LogP contribution is 2.22. The maximum Gasteiger partial charge on any atom is 0.269 e. The Hall–Kier alpha value is -3.94. The van der Waals surface area contributed by atoms with Crippen LogP contribution < -0.4 is 5.32 Å². The molecule has 0 aliphatic heterocycles. The van der Waals surface area contributed by atoms with Crippen molar-refractivity contribution >= 4 is 5.91 Å². The number of nitrogens with zero attached hydrogens (tertiary/aromatic N) is 3. The minimum Gasteiger partial charge on any atom is -0.345 e. The number of benzene rings is 2. The van der Waals surface area contributed by atoms with Gasteiger partial charge in [0.25, 0.3) is 5.91 Å². The maximum atomic E-state index is 13.9. The number of carbonyl (C=O) groups is 1. The molecule has 8 heteroatoms. The lowest BCUT2D eigenvalue weighted by molar-refractivity contribution is 0.0945. The van der Waals surface area contributed by atoms with Crippen LogP contribution in [0.15, 0.2) is 67.0 Å². The van der Waals surface area contributed by atoms with Gasteiger partial charge < -0.3 is 5.32 Å². The number of halogens is 2. The van der Waals surface area contributed by atoms with Crippen LogP contribution in [0.1, 0.15) is 16.2 Å². The van der Waals surface area contributed by atoms with E-state index >= 15 is 0 Å². The first-order valence-corrected chi connectivity index (χ1v) is 8.75. The van der Waals surface area contributed by atoms with E-state index in [1.54, 1.807) is 6.07 Å². The van der Waals surface area contributed by atoms with Gasteiger partial charge in [0.2, 0.25) is 0 Å². The summed E-state index contributed by atoms with van der Waals surface area (Å²) >= 11 is 0. The number of hydrogen-bond acceptors (Lipinski definition) is 4. The van der Waals surface area contributed by atoms with Crippen molar-refractivity contribution in [3.05, 3.63) is 90.0 Å². The molecule has 29 heavy (non-hydrogen) atoms. The number of amides is 1. The van der Waals surface area contributed by atoms with Gasteiger partial charge >= 0.3 is 0 Å². The summed E-state index contributed by atoms with van der Waals surface area (Å²) in [7, 11) is 0. The zero-order valence-corrected chi connectivity index (χ0v) is 15.1. The monoisotopic (exact) mass is 391 g/mol. The number of aromatic nitrogens is 4. The van der Waals surface area contributed by atoms with Gasteiger partial charge in [-0.1, -0.05) is 30.3 Å². The molecule has 0 aliphatic rings. The second kappa shape index (κ2) is 7.97. The van der Waals surface area contributed by atoms with Crippen molar-refractivity contribution in [2.24, 2.45) is 0 Å². The second-order valence-electron chi connectivity index (χ2n) is 6.23. The highest BCUT2D eigenvalue weighted by atomic mass is 19.1. The zero-order chi connectivity index (χ0) is 20.2. The molecule has 0 saturated carbocycles. The quantitative estimate of drug-likeness (QED) is 0.543. The van der Waals surface area contributed by atoms with Crippen LogP contribution in [0, 0.1) is 11.6 Å². The Balaban J connectivity index is 1.45. The van der Waals surface area contributed by atoms with Crippen LogP contribution in [-0.4, -0.2) is 26.1 Å². The van der Waals surface area contributed by atoms with Gasteiger partial charge in [0.1, 0.15) is 23.7 Å². The molecule has 2 aromatic heterocycles. The molecule has 0 bridgehead atoms. The number of carbonyl (C=O) groups excluding carboxylic acids is 1. The Morgan fingerprint density at radius 1 is 0.966 bits per heavy atom. The third-order valence-electron chi connectivity index (χ3n) is 4.25. The SMILES string of the molecule is O=C(NCc1cc(-c2ccccc2)ncn1)c1cc(-c2ccc(F)cc2F)n[nH]1. The number of hydrogen-bond donors (Lipinski definition) is 2. The third kappa shape index (κ3) is 4.16. The molecule has 2 N–H and O–H groups in total. The van der Waals surface area contributed by atoms with Crippen LogP contribution in [0.3, 0.4) is 0 Å². The molecule has 4 aromatic rings. The molecule has 1 amide bonds. The molecule has 0 fully saturated rings. The third-order valence-corrected chi connectivity index (χ3v) is 4.25. The summed E-state index contributed by atoms with van der Waals surface area (Å²) in [6.45, 7) is 0.181. The molecule has 2 aromatic carbocycles. The van der Waals surface area contributed by atoms with Crippen LogP contribution in [-0.2, 0) is 6.54 Å². The van der Waals surface area contributed by atoms with Crippen LogP contribution in [0.5, 0.6) is 0 Å². The molecular formula is C21H15F2N5O. The summed E-state index contributed by atoms with van der Waals surface area (Å²) in [5.41, 5.74) is 2.80. The van der Waals surface area contributed by atoms with E-state index in [-0.39, 0.29) is 23.5 Å². The van der Waals surface area contributed by atoms with Crippen molar-refractivity contribution in [2.75, 3.05) is 0 Å². The standard InChI is InChI=1S/C21H15F2N5O/c22-14-6-7-16(17(23)8-14)19-10-20(28-27-19)21(29)24-11-15-9-18(26-12-25-15)13-4-2-1-3-5-13/h1-10,12H,11H2,(H,24,29)(H,27,28).